The zero-order chi connectivity index (χ0) is 10.1. The quantitative estimate of drug-likeness (QED) is 0.466. The van der Waals surface area contributed by atoms with Crippen LogP contribution < -0.4 is 0 Å². The molecule has 0 atom stereocenters. The largest absolute Gasteiger partial charge is 0.126 e. The molecule has 0 spiro atoms. The van der Waals surface area contributed by atoms with Gasteiger partial charge in [0.2, 0.25) is 0 Å². The van der Waals surface area contributed by atoms with E-state index in [0.29, 0.717) is 0 Å². The van der Waals surface area contributed by atoms with E-state index < -0.39 is 0 Å². The van der Waals surface area contributed by atoms with Crippen molar-refractivity contribution in [2.75, 3.05) is 5.75 Å². The highest BCUT2D eigenvalue weighted by atomic mass is 32.2. The molecule has 0 N–H and O–H groups in total. The van der Waals surface area contributed by atoms with E-state index in [-0.39, 0.29) is 0 Å². The summed E-state index contributed by atoms with van der Waals surface area (Å²) < 4.78 is 0. The van der Waals surface area contributed by atoms with Crippen molar-refractivity contribution < 1.29 is 0 Å². The Labute approximate surface area is 92.1 Å². The van der Waals surface area contributed by atoms with Gasteiger partial charge >= 0.3 is 0 Å². The van der Waals surface area contributed by atoms with Crippen molar-refractivity contribution in [1.82, 2.24) is 0 Å². The highest BCUT2D eigenvalue weighted by molar-refractivity contribution is 7.99. The van der Waals surface area contributed by atoms with Gasteiger partial charge in [-0.25, -0.2) is 0 Å². The lowest BCUT2D eigenvalue weighted by atomic mass is 10.2. The first kappa shape index (κ1) is 11.6. The summed E-state index contributed by atoms with van der Waals surface area (Å²) >= 11 is 1.96. The molecule has 0 aliphatic carbocycles. The molecule has 0 bridgehead atoms. The van der Waals surface area contributed by atoms with Crippen LogP contribution >= 0.6 is 11.8 Å². The van der Waals surface area contributed by atoms with Crippen molar-refractivity contribution in [3.8, 4) is 0 Å². The monoisotopic (exact) mass is 207 g/mol. The molecule has 0 aliphatic rings. The Kier molecular flexibility index (Phi) is 6.59. The predicted octanol–water partition coefficient (Wildman–Crippen LogP) is 4.56. The van der Waals surface area contributed by atoms with Crippen LogP contribution in [0.1, 0.15) is 32.1 Å². The van der Waals surface area contributed by atoms with E-state index in [1.54, 1.807) is 0 Å². The van der Waals surface area contributed by atoms with Gasteiger partial charge in [0.15, 0.2) is 0 Å². The van der Waals surface area contributed by atoms with Gasteiger partial charge in [0.1, 0.15) is 0 Å². The molecule has 0 nitrogen and oxygen atoms in total. The van der Waals surface area contributed by atoms with Crippen LogP contribution in [0.2, 0.25) is 0 Å². The standard InChI is InChI=1S/C13H19S/c1-2-3-4-5-9-12-14-13-10-7-6-8-11-13/h6-8,10-11H,1-5,9,12H2. The Balaban J connectivity index is 1.99. The van der Waals surface area contributed by atoms with Crippen LogP contribution in [0, 0.1) is 6.92 Å². The minimum atomic E-state index is 1.09. The number of benzene rings is 1. The third kappa shape index (κ3) is 5.33. The molecular formula is C13H19S. The molecule has 1 aromatic rings. The third-order valence-corrected chi connectivity index (χ3v) is 3.25. The van der Waals surface area contributed by atoms with Crippen LogP contribution in [0.5, 0.6) is 0 Å². The molecule has 0 aliphatic heterocycles. The molecule has 1 rings (SSSR count). The summed E-state index contributed by atoms with van der Waals surface area (Å²) in [4.78, 5) is 1.39. The first-order valence-corrected chi connectivity index (χ1v) is 6.39. The summed E-state index contributed by atoms with van der Waals surface area (Å²) in [6.07, 6.45) is 6.41. The topological polar surface area (TPSA) is 0 Å². The first-order valence-electron chi connectivity index (χ1n) is 5.40. The molecule has 0 heterocycles. The van der Waals surface area contributed by atoms with Gasteiger partial charge in [-0.15, -0.1) is 11.8 Å². The summed E-state index contributed by atoms with van der Waals surface area (Å²) in [7, 11) is 0. The predicted molar refractivity (Wildman–Crippen MR) is 65.6 cm³/mol. The fourth-order valence-electron chi connectivity index (χ4n) is 1.34. The van der Waals surface area contributed by atoms with Gasteiger partial charge in [-0.1, -0.05) is 50.8 Å². The molecule has 1 aromatic carbocycles. The summed E-state index contributed by atoms with van der Waals surface area (Å²) in [5.41, 5.74) is 0. The Morgan fingerprint density at radius 1 is 0.929 bits per heavy atom. The molecule has 0 saturated heterocycles. The summed E-state index contributed by atoms with van der Waals surface area (Å²) in [6, 6.07) is 10.6. The van der Waals surface area contributed by atoms with Crippen LogP contribution in [0.25, 0.3) is 0 Å². The summed E-state index contributed by atoms with van der Waals surface area (Å²) in [5.74, 6) is 1.25. The maximum absolute atomic E-state index is 3.85. The highest BCUT2D eigenvalue weighted by Crippen LogP contribution is 2.18. The average Bonchev–Trinajstić information content (AvgIpc) is 2.25. The minimum Gasteiger partial charge on any atom is -0.126 e. The zero-order valence-corrected chi connectivity index (χ0v) is 9.56. The highest BCUT2D eigenvalue weighted by Gasteiger charge is 1.92. The average molecular weight is 207 g/mol. The molecule has 14 heavy (non-hydrogen) atoms. The lowest BCUT2D eigenvalue weighted by Crippen LogP contribution is -1.81. The van der Waals surface area contributed by atoms with Crippen molar-refractivity contribution >= 4 is 11.8 Å². The van der Waals surface area contributed by atoms with Gasteiger partial charge in [0.25, 0.3) is 0 Å². The molecule has 1 radical (unpaired) electrons. The van der Waals surface area contributed by atoms with E-state index in [2.05, 4.69) is 37.3 Å². The van der Waals surface area contributed by atoms with Gasteiger partial charge in [-0.05, 0) is 24.3 Å². The van der Waals surface area contributed by atoms with Crippen molar-refractivity contribution in [2.45, 2.75) is 37.0 Å². The molecule has 77 valence electrons. The van der Waals surface area contributed by atoms with Crippen molar-refractivity contribution in [2.24, 2.45) is 0 Å². The van der Waals surface area contributed by atoms with E-state index in [1.165, 1.54) is 36.3 Å². The van der Waals surface area contributed by atoms with E-state index in [1.807, 2.05) is 11.8 Å². The number of hydrogen-bond donors (Lipinski definition) is 0. The lowest BCUT2D eigenvalue weighted by molar-refractivity contribution is 0.677. The van der Waals surface area contributed by atoms with E-state index in [4.69, 9.17) is 0 Å². The fourth-order valence-corrected chi connectivity index (χ4v) is 2.27. The summed E-state index contributed by atoms with van der Waals surface area (Å²) in [6.45, 7) is 3.85. The van der Waals surface area contributed by atoms with Crippen LogP contribution in [0.15, 0.2) is 35.2 Å². The SMILES string of the molecule is [CH2]CCCCCCSc1ccccc1. The van der Waals surface area contributed by atoms with Crippen molar-refractivity contribution in [1.29, 1.82) is 0 Å². The molecule has 0 amide bonds. The first-order chi connectivity index (χ1) is 6.93. The molecule has 0 aromatic heterocycles. The molecule has 0 saturated carbocycles. The van der Waals surface area contributed by atoms with Gasteiger partial charge < -0.3 is 0 Å². The van der Waals surface area contributed by atoms with E-state index in [9.17, 15) is 0 Å². The number of rotatable bonds is 7. The molecule has 1 heteroatoms. The minimum absolute atomic E-state index is 1.09. The fraction of sp³-hybridized carbons (Fsp3) is 0.462. The van der Waals surface area contributed by atoms with Gasteiger partial charge in [0, 0.05) is 4.90 Å². The Hall–Kier alpha value is -0.430. The number of hydrogen-bond acceptors (Lipinski definition) is 1. The van der Waals surface area contributed by atoms with Crippen molar-refractivity contribution in [3.63, 3.8) is 0 Å². The van der Waals surface area contributed by atoms with Gasteiger partial charge in [0.05, 0.1) is 0 Å². The second kappa shape index (κ2) is 7.93. The Morgan fingerprint density at radius 2 is 1.64 bits per heavy atom. The third-order valence-electron chi connectivity index (χ3n) is 2.16. The van der Waals surface area contributed by atoms with Gasteiger partial charge in [-0.2, -0.15) is 0 Å². The van der Waals surface area contributed by atoms with E-state index >= 15 is 0 Å². The smallest absolute Gasteiger partial charge is 0.00719 e. The Bertz CT molecular complexity index is 218. The zero-order valence-electron chi connectivity index (χ0n) is 8.74. The van der Waals surface area contributed by atoms with Crippen LogP contribution in [-0.4, -0.2) is 5.75 Å². The van der Waals surface area contributed by atoms with Gasteiger partial charge in [-0.3, -0.25) is 0 Å². The summed E-state index contributed by atoms with van der Waals surface area (Å²) in [5, 5.41) is 0. The molecule has 0 unspecified atom stereocenters. The van der Waals surface area contributed by atoms with Crippen LogP contribution in [0.4, 0.5) is 0 Å². The Morgan fingerprint density at radius 3 is 2.36 bits per heavy atom. The number of thioether (sulfide) groups is 1. The number of unbranched alkanes of at least 4 members (excludes halogenated alkanes) is 4. The normalized spacial score (nSPS) is 10.4. The van der Waals surface area contributed by atoms with E-state index in [0.717, 1.165) is 6.42 Å². The second-order valence-corrected chi connectivity index (χ2v) is 4.60. The maximum Gasteiger partial charge on any atom is 0.00719 e. The maximum atomic E-state index is 3.85. The van der Waals surface area contributed by atoms with Crippen LogP contribution in [0.3, 0.4) is 0 Å². The lowest BCUT2D eigenvalue weighted by Gasteiger charge is -2.01. The van der Waals surface area contributed by atoms with Crippen LogP contribution in [-0.2, 0) is 0 Å². The molecule has 0 fully saturated rings. The second-order valence-electron chi connectivity index (χ2n) is 3.43. The van der Waals surface area contributed by atoms with Crippen molar-refractivity contribution in [3.05, 3.63) is 37.3 Å². The molecular weight excluding hydrogens is 188 g/mol.